The molecule has 0 fully saturated rings. The van der Waals surface area contributed by atoms with Gasteiger partial charge in [-0.1, -0.05) is 12.1 Å². The molecule has 0 amide bonds. The van der Waals surface area contributed by atoms with Crippen LogP contribution in [0.1, 0.15) is 12.5 Å². The summed E-state index contributed by atoms with van der Waals surface area (Å²) in [7, 11) is 3.33. The van der Waals surface area contributed by atoms with Gasteiger partial charge in [0.25, 0.3) is 0 Å². The van der Waals surface area contributed by atoms with Gasteiger partial charge in [-0.05, 0) is 24.6 Å². The number of guanidine groups is 1. The van der Waals surface area contributed by atoms with Crippen molar-refractivity contribution in [3.63, 3.8) is 0 Å². The smallest absolute Gasteiger partial charge is 0.191 e. The van der Waals surface area contributed by atoms with Crippen LogP contribution in [0.5, 0.6) is 5.75 Å². The zero-order valence-corrected chi connectivity index (χ0v) is 13.7. The molecule has 0 unspecified atom stereocenters. The minimum atomic E-state index is 0.594. The van der Waals surface area contributed by atoms with Crippen LogP contribution in [0.3, 0.4) is 0 Å². The second-order valence-electron chi connectivity index (χ2n) is 4.58. The second-order valence-corrected chi connectivity index (χ2v) is 4.58. The number of hydrogen-bond donors (Lipinski definition) is 2. The van der Waals surface area contributed by atoms with Crippen LogP contribution in [0.25, 0.3) is 0 Å². The van der Waals surface area contributed by atoms with Crippen molar-refractivity contribution >= 4 is 5.96 Å². The fourth-order valence-electron chi connectivity index (χ4n) is 1.77. The fraction of sp³-hybridized carbons (Fsp3) is 0.562. The number of rotatable bonds is 10. The van der Waals surface area contributed by atoms with Gasteiger partial charge in [-0.25, -0.2) is 4.99 Å². The number of nitrogens with zero attached hydrogens (tertiary/aromatic N) is 1. The van der Waals surface area contributed by atoms with Gasteiger partial charge in [-0.3, -0.25) is 0 Å². The van der Waals surface area contributed by atoms with E-state index in [9.17, 15) is 0 Å². The molecule has 0 spiro atoms. The Bertz CT molecular complexity index is 438. The van der Waals surface area contributed by atoms with E-state index in [-0.39, 0.29) is 0 Å². The van der Waals surface area contributed by atoms with Crippen molar-refractivity contribution in [3.8, 4) is 5.75 Å². The first-order chi connectivity index (χ1) is 10.8. The Kier molecular flexibility index (Phi) is 9.81. The summed E-state index contributed by atoms with van der Waals surface area (Å²) < 4.78 is 15.5. The molecule has 22 heavy (non-hydrogen) atoms. The lowest BCUT2D eigenvalue weighted by Gasteiger charge is -2.11. The maximum absolute atomic E-state index is 5.41. The first kappa shape index (κ1) is 18.3. The minimum absolute atomic E-state index is 0.594. The summed E-state index contributed by atoms with van der Waals surface area (Å²) in [6.07, 6.45) is 0. The van der Waals surface area contributed by atoms with Crippen molar-refractivity contribution < 1.29 is 14.2 Å². The second kappa shape index (κ2) is 11.8. The van der Waals surface area contributed by atoms with Gasteiger partial charge in [0, 0.05) is 20.2 Å². The Labute approximate surface area is 132 Å². The van der Waals surface area contributed by atoms with E-state index in [2.05, 4.69) is 15.6 Å². The van der Waals surface area contributed by atoms with E-state index in [0.29, 0.717) is 32.9 Å². The SMILES string of the molecule is CCNC(=NCc1cccc(OC)c1)NCCOCCOC. The van der Waals surface area contributed by atoms with Gasteiger partial charge in [0.2, 0.25) is 0 Å². The third kappa shape index (κ3) is 7.85. The van der Waals surface area contributed by atoms with Crippen LogP contribution in [0.2, 0.25) is 0 Å². The summed E-state index contributed by atoms with van der Waals surface area (Å²) in [4.78, 5) is 4.55. The van der Waals surface area contributed by atoms with Crippen LogP contribution in [0, 0.1) is 0 Å². The van der Waals surface area contributed by atoms with Crippen LogP contribution in [-0.4, -0.2) is 53.1 Å². The zero-order valence-electron chi connectivity index (χ0n) is 13.7. The Balaban J connectivity index is 2.40. The summed E-state index contributed by atoms with van der Waals surface area (Å²) in [6, 6.07) is 7.91. The van der Waals surface area contributed by atoms with Gasteiger partial charge in [0.1, 0.15) is 5.75 Å². The molecule has 0 saturated carbocycles. The van der Waals surface area contributed by atoms with E-state index in [1.807, 2.05) is 31.2 Å². The number of ether oxygens (including phenoxy) is 3. The molecular weight excluding hydrogens is 282 g/mol. The summed E-state index contributed by atoms with van der Waals surface area (Å²) >= 11 is 0. The monoisotopic (exact) mass is 309 g/mol. The number of aliphatic imine (C=N–C) groups is 1. The highest BCUT2D eigenvalue weighted by molar-refractivity contribution is 5.79. The van der Waals surface area contributed by atoms with Gasteiger partial charge >= 0.3 is 0 Å². The average molecular weight is 309 g/mol. The highest BCUT2D eigenvalue weighted by atomic mass is 16.5. The van der Waals surface area contributed by atoms with E-state index in [4.69, 9.17) is 14.2 Å². The van der Waals surface area contributed by atoms with Crippen LogP contribution in [-0.2, 0) is 16.0 Å². The van der Waals surface area contributed by atoms with E-state index in [1.54, 1.807) is 14.2 Å². The standard InChI is InChI=1S/C16H27N3O3/c1-4-17-16(18-8-9-22-11-10-20-2)19-13-14-6-5-7-15(12-14)21-3/h5-7,12H,4,8-11,13H2,1-3H3,(H2,17,18,19). The van der Waals surface area contributed by atoms with Gasteiger partial charge in [-0.2, -0.15) is 0 Å². The van der Waals surface area contributed by atoms with Gasteiger partial charge < -0.3 is 24.8 Å². The van der Waals surface area contributed by atoms with Crippen molar-refractivity contribution in [2.24, 2.45) is 4.99 Å². The molecule has 1 rings (SSSR count). The van der Waals surface area contributed by atoms with E-state index >= 15 is 0 Å². The molecule has 124 valence electrons. The molecule has 0 radical (unpaired) electrons. The van der Waals surface area contributed by atoms with Gasteiger partial charge in [0.15, 0.2) is 5.96 Å². The van der Waals surface area contributed by atoms with Crippen molar-refractivity contribution in [1.29, 1.82) is 0 Å². The predicted octanol–water partition coefficient (Wildman–Crippen LogP) is 1.41. The number of methoxy groups -OCH3 is 2. The molecule has 0 aliphatic rings. The van der Waals surface area contributed by atoms with Crippen LogP contribution >= 0.6 is 0 Å². The predicted molar refractivity (Wildman–Crippen MR) is 88.5 cm³/mol. The molecule has 2 N–H and O–H groups in total. The van der Waals surface area contributed by atoms with Crippen molar-refractivity contribution in [2.45, 2.75) is 13.5 Å². The number of hydrogen-bond acceptors (Lipinski definition) is 4. The lowest BCUT2D eigenvalue weighted by atomic mass is 10.2. The van der Waals surface area contributed by atoms with Crippen molar-refractivity contribution in [3.05, 3.63) is 29.8 Å². The summed E-state index contributed by atoms with van der Waals surface area (Å²) in [5, 5.41) is 6.45. The molecule has 0 aliphatic carbocycles. The Morgan fingerprint density at radius 3 is 2.73 bits per heavy atom. The lowest BCUT2D eigenvalue weighted by molar-refractivity contribution is 0.0733. The Morgan fingerprint density at radius 2 is 2.00 bits per heavy atom. The van der Waals surface area contributed by atoms with Crippen molar-refractivity contribution in [1.82, 2.24) is 10.6 Å². The maximum Gasteiger partial charge on any atom is 0.191 e. The number of nitrogens with one attached hydrogen (secondary N) is 2. The van der Waals surface area contributed by atoms with Crippen LogP contribution < -0.4 is 15.4 Å². The largest absolute Gasteiger partial charge is 0.497 e. The Morgan fingerprint density at radius 1 is 1.14 bits per heavy atom. The molecule has 0 aromatic heterocycles. The van der Waals surface area contributed by atoms with E-state index < -0.39 is 0 Å². The molecule has 1 aromatic rings. The molecular formula is C16H27N3O3. The van der Waals surface area contributed by atoms with Gasteiger partial charge in [-0.15, -0.1) is 0 Å². The zero-order chi connectivity index (χ0) is 16.0. The Hall–Kier alpha value is -1.79. The highest BCUT2D eigenvalue weighted by Crippen LogP contribution is 2.12. The van der Waals surface area contributed by atoms with Gasteiger partial charge in [0.05, 0.1) is 33.5 Å². The topological polar surface area (TPSA) is 64.1 Å². The van der Waals surface area contributed by atoms with Crippen LogP contribution in [0.15, 0.2) is 29.3 Å². The fourth-order valence-corrected chi connectivity index (χ4v) is 1.77. The lowest BCUT2D eigenvalue weighted by Crippen LogP contribution is -2.39. The molecule has 0 aliphatic heterocycles. The molecule has 0 heterocycles. The van der Waals surface area contributed by atoms with Crippen molar-refractivity contribution in [2.75, 3.05) is 47.1 Å². The molecule has 0 saturated heterocycles. The summed E-state index contributed by atoms with van der Waals surface area (Å²) in [5.41, 5.74) is 1.10. The van der Waals surface area contributed by atoms with E-state index in [1.165, 1.54) is 0 Å². The number of benzene rings is 1. The molecule has 6 heteroatoms. The van der Waals surface area contributed by atoms with E-state index in [0.717, 1.165) is 23.8 Å². The first-order valence-corrected chi connectivity index (χ1v) is 7.52. The third-order valence-electron chi connectivity index (χ3n) is 2.87. The minimum Gasteiger partial charge on any atom is -0.497 e. The summed E-state index contributed by atoms with van der Waals surface area (Å²) in [6.45, 7) is 5.99. The normalized spacial score (nSPS) is 11.3. The molecule has 6 nitrogen and oxygen atoms in total. The van der Waals surface area contributed by atoms with Crippen LogP contribution in [0.4, 0.5) is 0 Å². The summed E-state index contributed by atoms with van der Waals surface area (Å²) in [5.74, 6) is 1.62. The molecule has 0 bridgehead atoms. The molecule has 1 aromatic carbocycles. The average Bonchev–Trinajstić information content (AvgIpc) is 2.56. The quantitative estimate of drug-likeness (QED) is 0.389. The first-order valence-electron chi connectivity index (χ1n) is 7.52. The third-order valence-corrected chi connectivity index (χ3v) is 2.87. The highest BCUT2D eigenvalue weighted by Gasteiger charge is 1.99. The maximum atomic E-state index is 5.41. The molecule has 0 atom stereocenters.